The first-order valence-corrected chi connectivity index (χ1v) is 7.88. The second-order valence-electron chi connectivity index (χ2n) is 7.01. The fourth-order valence-electron chi connectivity index (χ4n) is 2.48. The van der Waals surface area contributed by atoms with Gasteiger partial charge in [0.2, 0.25) is 0 Å². The van der Waals surface area contributed by atoms with Crippen LogP contribution in [-0.4, -0.2) is 23.1 Å². The molecule has 0 amide bonds. The molecule has 1 aliphatic carbocycles. The van der Waals surface area contributed by atoms with E-state index in [0.29, 0.717) is 0 Å². The second kappa shape index (κ2) is 6.13. The third-order valence-corrected chi connectivity index (χ3v) is 3.65. The van der Waals surface area contributed by atoms with Crippen LogP contribution in [0.25, 0.3) is 0 Å². The lowest BCUT2D eigenvalue weighted by molar-refractivity contribution is 0.424. The monoisotopic (exact) mass is 275 g/mol. The standard InChI is InChI=1S/C17H29N3/c1-6-9-20(15-7-8-15)16-13(2)10-14(11-18-16)12-19-17(3,4)5/h10-11,15,19H,6-9,12H2,1-5H3. The predicted molar refractivity (Wildman–Crippen MR) is 86.2 cm³/mol. The predicted octanol–water partition coefficient (Wildman–Crippen LogP) is 3.66. The molecule has 0 unspecified atom stereocenters. The second-order valence-corrected chi connectivity index (χ2v) is 7.01. The molecule has 0 aromatic carbocycles. The van der Waals surface area contributed by atoms with Gasteiger partial charge in [0, 0.05) is 30.9 Å². The van der Waals surface area contributed by atoms with Crippen LogP contribution in [0.4, 0.5) is 5.82 Å². The Morgan fingerprint density at radius 2 is 2.05 bits per heavy atom. The van der Waals surface area contributed by atoms with E-state index in [1.165, 1.54) is 36.2 Å². The Labute approximate surface area is 123 Å². The van der Waals surface area contributed by atoms with E-state index in [-0.39, 0.29) is 5.54 Å². The number of anilines is 1. The first kappa shape index (κ1) is 15.3. The van der Waals surface area contributed by atoms with Gasteiger partial charge in [-0.2, -0.15) is 0 Å². The van der Waals surface area contributed by atoms with Crippen LogP contribution in [0.5, 0.6) is 0 Å². The number of pyridine rings is 1. The quantitative estimate of drug-likeness (QED) is 0.859. The van der Waals surface area contributed by atoms with Crippen molar-refractivity contribution in [3.8, 4) is 0 Å². The van der Waals surface area contributed by atoms with E-state index in [2.05, 4.69) is 50.9 Å². The van der Waals surface area contributed by atoms with Gasteiger partial charge in [0.1, 0.15) is 5.82 Å². The van der Waals surface area contributed by atoms with E-state index in [4.69, 9.17) is 4.98 Å². The molecule has 20 heavy (non-hydrogen) atoms. The van der Waals surface area contributed by atoms with E-state index >= 15 is 0 Å². The Balaban J connectivity index is 2.08. The number of aromatic nitrogens is 1. The summed E-state index contributed by atoms with van der Waals surface area (Å²) in [4.78, 5) is 7.24. The van der Waals surface area contributed by atoms with E-state index in [1.54, 1.807) is 0 Å². The average molecular weight is 275 g/mol. The van der Waals surface area contributed by atoms with E-state index in [9.17, 15) is 0 Å². The van der Waals surface area contributed by atoms with Crippen molar-refractivity contribution in [2.24, 2.45) is 0 Å². The lowest BCUT2D eigenvalue weighted by atomic mass is 10.1. The van der Waals surface area contributed by atoms with E-state index in [0.717, 1.165) is 19.1 Å². The lowest BCUT2D eigenvalue weighted by Crippen LogP contribution is -2.35. The third-order valence-electron chi connectivity index (χ3n) is 3.65. The molecule has 0 bridgehead atoms. The highest BCUT2D eigenvalue weighted by Gasteiger charge is 2.30. The molecule has 1 heterocycles. The Bertz CT molecular complexity index is 444. The lowest BCUT2D eigenvalue weighted by Gasteiger charge is -2.25. The average Bonchev–Trinajstić information content (AvgIpc) is 3.18. The minimum absolute atomic E-state index is 0.148. The highest BCUT2D eigenvalue weighted by molar-refractivity contribution is 5.49. The number of nitrogens with one attached hydrogen (secondary N) is 1. The van der Waals surface area contributed by atoms with E-state index in [1.807, 2.05) is 6.20 Å². The topological polar surface area (TPSA) is 28.2 Å². The molecule has 0 radical (unpaired) electrons. The molecule has 0 saturated heterocycles. The number of nitrogens with zero attached hydrogens (tertiary/aromatic N) is 2. The van der Waals surface area contributed by atoms with Crippen molar-refractivity contribution < 1.29 is 0 Å². The SMILES string of the molecule is CCCN(c1ncc(CNC(C)(C)C)cc1C)C1CC1. The van der Waals surface area contributed by atoms with Crippen molar-refractivity contribution in [3.63, 3.8) is 0 Å². The van der Waals surface area contributed by atoms with Crippen LogP contribution in [0.3, 0.4) is 0 Å². The highest BCUT2D eigenvalue weighted by atomic mass is 15.2. The summed E-state index contributed by atoms with van der Waals surface area (Å²) in [6.07, 6.45) is 5.87. The van der Waals surface area contributed by atoms with Crippen LogP contribution in [0.1, 0.15) is 58.1 Å². The van der Waals surface area contributed by atoms with Crippen molar-refractivity contribution in [3.05, 3.63) is 23.4 Å². The van der Waals surface area contributed by atoms with Gasteiger partial charge in [-0.25, -0.2) is 4.98 Å². The molecule has 1 fully saturated rings. The fraction of sp³-hybridized carbons (Fsp3) is 0.706. The van der Waals surface area contributed by atoms with Crippen LogP contribution in [0.2, 0.25) is 0 Å². The van der Waals surface area contributed by atoms with Crippen LogP contribution in [0.15, 0.2) is 12.3 Å². The molecule has 112 valence electrons. The number of aryl methyl sites for hydroxylation is 1. The molecule has 2 rings (SSSR count). The summed E-state index contributed by atoms with van der Waals surface area (Å²) in [5.41, 5.74) is 2.72. The van der Waals surface area contributed by atoms with Gasteiger partial charge in [-0.15, -0.1) is 0 Å². The summed E-state index contributed by atoms with van der Waals surface area (Å²) in [7, 11) is 0. The summed E-state index contributed by atoms with van der Waals surface area (Å²) >= 11 is 0. The Morgan fingerprint density at radius 3 is 2.55 bits per heavy atom. The fourth-order valence-corrected chi connectivity index (χ4v) is 2.48. The minimum atomic E-state index is 0.148. The Hall–Kier alpha value is -1.09. The van der Waals surface area contributed by atoms with Gasteiger partial charge in [0.15, 0.2) is 0 Å². The molecule has 0 atom stereocenters. The van der Waals surface area contributed by atoms with Crippen molar-refractivity contribution in [1.82, 2.24) is 10.3 Å². The maximum atomic E-state index is 4.75. The number of hydrogen-bond donors (Lipinski definition) is 1. The summed E-state index contributed by atoms with van der Waals surface area (Å²) in [5.74, 6) is 1.19. The van der Waals surface area contributed by atoms with Gasteiger partial charge in [0.25, 0.3) is 0 Å². The smallest absolute Gasteiger partial charge is 0.131 e. The molecule has 3 heteroatoms. The molecule has 0 spiro atoms. The number of rotatable bonds is 6. The Kier molecular flexibility index (Phi) is 4.69. The summed E-state index contributed by atoms with van der Waals surface area (Å²) in [6, 6.07) is 3.02. The van der Waals surface area contributed by atoms with Crippen LogP contribution in [-0.2, 0) is 6.54 Å². The maximum absolute atomic E-state index is 4.75. The molecule has 1 aromatic heterocycles. The number of hydrogen-bond acceptors (Lipinski definition) is 3. The summed E-state index contributed by atoms with van der Waals surface area (Å²) in [5, 5.41) is 3.52. The molecule has 1 N–H and O–H groups in total. The van der Waals surface area contributed by atoms with Gasteiger partial charge in [-0.3, -0.25) is 0 Å². The van der Waals surface area contributed by atoms with Gasteiger partial charge < -0.3 is 10.2 Å². The summed E-state index contributed by atoms with van der Waals surface area (Å²) < 4.78 is 0. The van der Waals surface area contributed by atoms with Crippen molar-refractivity contribution in [1.29, 1.82) is 0 Å². The zero-order valence-corrected chi connectivity index (χ0v) is 13.7. The zero-order chi connectivity index (χ0) is 14.8. The van der Waals surface area contributed by atoms with Crippen LogP contribution in [0, 0.1) is 6.92 Å². The molecule has 1 aliphatic rings. The Morgan fingerprint density at radius 1 is 1.35 bits per heavy atom. The van der Waals surface area contributed by atoms with Gasteiger partial charge in [-0.1, -0.05) is 6.92 Å². The molecular formula is C17H29N3. The largest absolute Gasteiger partial charge is 0.353 e. The minimum Gasteiger partial charge on any atom is -0.353 e. The van der Waals surface area contributed by atoms with Crippen molar-refractivity contribution >= 4 is 5.82 Å². The maximum Gasteiger partial charge on any atom is 0.131 e. The molecule has 3 nitrogen and oxygen atoms in total. The summed E-state index contributed by atoms with van der Waals surface area (Å²) in [6.45, 7) is 13.0. The molecule has 1 aromatic rings. The van der Waals surface area contributed by atoms with Crippen molar-refractivity contribution in [2.45, 2.75) is 72.0 Å². The van der Waals surface area contributed by atoms with Gasteiger partial charge in [0.05, 0.1) is 0 Å². The van der Waals surface area contributed by atoms with Crippen LogP contribution >= 0.6 is 0 Å². The van der Waals surface area contributed by atoms with Gasteiger partial charge >= 0.3 is 0 Å². The highest BCUT2D eigenvalue weighted by Crippen LogP contribution is 2.32. The molecule has 0 aliphatic heterocycles. The zero-order valence-electron chi connectivity index (χ0n) is 13.7. The van der Waals surface area contributed by atoms with Gasteiger partial charge in [-0.05, 0) is 64.2 Å². The first-order chi connectivity index (χ1) is 9.40. The molecule has 1 saturated carbocycles. The van der Waals surface area contributed by atoms with Crippen molar-refractivity contribution in [2.75, 3.05) is 11.4 Å². The van der Waals surface area contributed by atoms with E-state index < -0.39 is 0 Å². The first-order valence-electron chi connectivity index (χ1n) is 7.88. The van der Waals surface area contributed by atoms with Crippen LogP contribution < -0.4 is 10.2 Å². The molecular weight excluding hydrogens is 246 g/mol. The third kappa shape index (κ3) is 4.20. The normalized spacial score (nSPS) is 15.4.